The molecule has 1 nitrogen and oxygen atoms in total. The zero-order valence-electron chi connectivity index (χ0n) is 12.5. The van der Waals surface area contributed by atoms with E-state index in [0.717, 1.165) is 28.9 Å². The minimum absolute atomic E-state index is 0.296. The molecule has 0 saturated carbocycles. The van der Waals surface area contributed by atoms with Crippen LogP contribution in [0.2, 0.25) is 5.02 Å². The zero-order chi connectivity index (χ0) is 15.2. The molecule has 0 amide bonds. The number of hydrogen-bond acceptors (Lipinski definition) is 1. The summed E-state index contributed by atoms with van der Waals surface area (Å²) in [5.41, 5.74) is 3.77. The minimum Gasteiger partial charge on any atom is -0.310 e. The molecule has 1 atom stereocenters. The second-order valence-electron chi connectivity index (χ2n) is 5.36. The van der Waals surface area contributed by atoms with Gasteiger partial charge in [-0.15, -0.1) is 0 Å². The smallest absolute Gasteiger partial charge is 0.0449 e. The van der Waals surface area contributed by atoms with Crippen molar-refractivity contribution in [2.24, 2.45) is 0 Å². The lowest BCUT2D eigenvalue weighted by Crippen LogP contribution is -2.24. The lowest BCUT2D eigenvalue weighted by Gasteiger charge is -2.20. The van der Waals surface area contributed by atoms with E-state index in [1.807, 2.05) is 12.1 Å². The Kier molecular flexibility index (Phi) is 6.28. The Morgan fingerprint density at radius 3 is 2.48 bits per heavy atom. The zero-order valence-corrected chi connectivity index (χ0v) is 14.8. The molecule has 0 aliphatic rings. The average Bonchev–Trinajstić information content (AvgIpc) is 2.46. The van der Waals surface area contributed by atoms with Gasteiger partial charge in [-0.1, -0.05) is 70.3 Å². The molecule has 0 bridgehead atoms. The normalized spacial score (nSPS) is 12.4. The molecule has 3 heteroatoms. The van der Waals surface area contributed by atoms with Gasteiger partial charge in [0.05, 0.1) is 0 Å². The van der Waals surface area contributed by atoms with Gasteiger partial charge in [-0.3, -0.25) is 0 Å². The Hall–Kier alpha value is -0.830. The molecule has 112 valence electrons. The molecule has 0 fully saturated rings. The average molecular weight is 367 g/mol. The molecule has 0 heterocycles. The van der Waals surface area contributed by atoms with Gasteiger partial charge >= 0.3 is 0 Å². The Morgan fingerprint density at radius 1 is 1.14 bits per heavy atom. The third-order valence-corrected chi connectivity index (χ3v) is 4.40. The minimum atomic E-state index is 0.296. The number of halogens is 2. The van der Waals surface area contributed by atoms with Crippen LogP contribution in [0.25, 0.3) is 0 Å². The van der Waals surface area contributed by atoms with Gasteiger partial charge in [0.2, 0.25) is 0 Å². The summed E-state index contributed by atoms with van der Waals surface area (Å²) in [5, 5.41) is 4.44. The van der Waals surface area contributed by atoms with Crippen LogP contribution in [0.4, 0.5) is 0 Å². The van der Waals surface area contributed by atoms with Crippen molar-refractivity contribution in [3.8, 4) is 0 Å². The fourth-order valence-corrected chi connectivity index (χ4v) is 3.08. The SMILES string of the molecule is CCCNC(Cc1ccc(Br)cc1Cl)c1ccc(C)cc1. The number of aryl methyl sites for hydroxylation is 1. The Bertz CT molecular complexity index is 580. The summed E-state index contributed by atoms with van der Waals surface area (Å²) in [6, 6.07) is 15.1. The quantitative estimate of drug-likeness (QED) is 0.692. The van der Waals surface area contributed by atoms with E-state index < -0.39 is 0 Å². The van der Waals surface area contributed by atoms with Gasteiger partial charge in [0.1, 0.15) is 0 Å². The molecule has 2 aromatic rings. The highest BCUT2D eigenvalue weighted by Crippen LogP contribution is 2.26. The third-order valence-electron chi connectivity index (χ3n) is 3.56. The standard InChI is InChI=1S/C18H21BrClN/c1-3-10-21-18(14-6-4-13(2)5-7-14)11-15-8-9-16(19)12-17(15)20/h4-9,12,18,21H,3,10-11H2,1-2H3. The fourth-order valence-electron chi connectivity index (χ4n) is 2.33. The summed E-state index contributed by atoms with van der Waals surface area (Å²) < 4.78 is 1.02. The first-order chi connectivity index (χ1) is 10.1. The van der Waals surface area contributed by atoms with E-state index in [0.29, 0.717) is 6.04 Å². The maximum atomic E-state index is 6.36. The van der Waals surface area contributed by atoms with Gasteiger partial charge in [-0.2, -0.15) is 0 Å². The summed E-state index contributed by atoms with van der Waals surface area (Å²) in [6.45, 7) is 5.31. The summed E-state index contributed by atoms with van der Waals surface area (Å²) in [5.74, 6) is 0. The highest BCUT2D eigenvalue weighted by atomic mass is 79.9. The number of rotatable bonds is 6. The Balaban J connectivity index is 2.21. The molecule has 1 unspecified atom stereocenters. The van der Waals surface area contributed by atoms with E-state index in [1.165, 1.54) is 16.7 Å². The summed E-state index contributed by atoms with van der Waals surface area (Å²) in [7, 11) is 0. The monoisotopic (exact) mass is 365 g/mol. The van der Waals surface area contributed by atoms with Crippen LogP contribution >= 0.6 is 27.5 Å². The van der Waals surface area contributed by atoms with Crippen molar-refractivity contribution < 1.29 is 0 Å². The van der Waals surface area contributed by atoms with E-state index in [-0.39, 0.29) is 0 Å². The van der Waals surface area contributed by atoms with Crippen LogP contribution in [0, 0.1) is 6.92 Å². The van der Waals surface area contributed by atoms with Crippen LogP contribution in [0.1, 0.15) is 36.1 Å². The fraction of sp³-hybridized carbons (Fsp3) is 0.333. The lowest BCUT2D eigenvalue weighted by atomic mass is 9.98. The van der Waals surface area contributed by atoms with Crippen LogP contribution < -0.4 is 5.32 Å². The predicted molar refractivity (Wildman–Crippen MR) is 95.1 cm³/mol. The first-order valence-electron chi connectivity index (χ1n) is 7.34. The number of nitrogens with one attached hydrogen (secondary N) is 1. The molecule has 0 aliphatic carbocycles. The van der Waals surface area contributed by atoms with E-state index in [4.69, 9.17) is 11.6 Å². The molecule has 0 saturated heterocycles. The Labute approximate surface area is 140 Å². The largest absolute Gasteiger partial charge is 0.310 e. The Morgan fingerprint density at radius 2 is 1.86 bits per heavy atom. The molecular weight excluding hydrogens is 346 g/mol. The molecule has 1 N–H and O–H groups in total. The third kappa shape index (κ3) is 4.84. The highest BCUT2D eigenvalue weighted by Gasteiger charge is 2.13. The van der Waals surface area contributed by atoms with Gasteiger partial charge in [-0.05, 0) is 49.6 Å². The second-order valence-corrected chi connectivity index (χ2v) is 6.68. The van der Waals surface area contributed by atoms with Gasteiger partial charge in [0, 0.05) is 15.5 Å². The molecule has 0 aromatic heterocycles. The van der Waals surface area contributed by atoms with E-state index in [9.17, 15) is 0 Å². The van der Waals surface area contributed by atoms with E-state index in [1.54, 1.807) is 0 Å². The number of benzene rings is 2. The topological polar surface area (TPSA) is 12.0 Å². The lowest BCUT2D eigenvalue weighted by molar-refractivity contribution is 0.529. The first kappa shape index (κ1) is 16.5. The molecule has 0 aliphatic heterocycles. The molecule has 2 rings (SSSR count). The van der Waals surface area contributed by atoms with Crippen molar-refractivity contribution in [2.45, 2.75) is 32.7 Å². The molecule has 21 heavy (non-hydrogen) atoms. The van der Waals surface area contributed by atoms with Gasteiger partial charge in [-0.25, -0.2) is 0 Å². The van der Waals surface area contributed by atoms with Gasteiger partial charge < -0.3 is 5.32 Å². The molecule has 0 spiro atoms. The van der Waals surface area contributed by atoms with Crippen molar-refractivity contribution in [3.63, 3.8) is 0 Å². The van der Waals surface area contributed by atoms with Crippen LogP contribution in [-0.2, 0) is 6.42 Å². The van der Waals surface area contributed by atoms with Crippen LogP contribution in [-0.4, -0.2) is 6.54 Å². The van der Waals surface area contributed by atoms with Crippen LogP contribution in [0.5, 0.6) is 0 Å². The second kappa shape index (κ2) is 7.98. The van der Waals surface area contributed by atoms with E-state index >= 15 is 0 Å². The van der Waals surface area contributed by atoms with Crippen molar-refractivity contribution in [1.82, 2.24) is 5.32 Å². The van der Waals surface area contributed by atoms with Crippen LogP contribution in [0.3, 0.4) is 0 Å². The molecule has 2 aromatic carbocycles. The van der Waals surface area contributed by atoms with Crippen molar-refractivity contribution in [2.75, 3.05) is 6.54 Å². The summed E-state index contributed by atoms with van der Waals surface area (Å²) in [6.07, 6.45) is 2.02. The van der Waals surface area contributed by atoms with Crippen molar-refractivity contribution >= 4 is 27.5 Å². The van der Waals surface area contributed by atoms with Crippen molar-refractivity contribution in [1.29, 1.82) is 0 Å². The van der Waals surface area contributed by atoms with E-state index in [2.05, 4.69) is 65.4 Å². The van der Waals surface area contributed by atoms with Crippen LogP contribution in [0.15, 0.2) is 46.9 Å². The molecular formula is C18H21BrClN. The van der Waals surface area contributed by atoms with Crippen molar-refractivity contribution in [3.05, 3.63) is 68.7 Å². The maximum Gasteiger partial charge on any atom is 0.0449 e. The van der Waals surface area contributed by atoms with Gasteiger partial charge in [0.15, 0.2) is 0 Å². The summed E-state index contributed by atoms with van der Waals surface area (Å²) in [4.78, 5) is 0. The first-order valence-corrected chi connectivity index (χ1v) is 8.51. The van der Waals surface area contributed by atoms with Gasteiger partial charge in [0.25, 0.3) is 0 Å². The highest BCUT2D eigenvalue weighted by molar-refractivity contribution is 9.10. The predicted octanol–water partition coefficient (Wildman–Crippen LogP) is 5.69. The number of hydrogen-bond donors (Lipinski definition) is 1. The maximum absolute atomic E-state index is 6.36. The molecule has 0 radical (unpaired) electrons. The summed E-state index contributed by atoms with van der Waals surface area (Å²) >= 11 is 9.82.